The minimum absolute atomic E-state index is 0.0290. The van der Waals surface area contributed by atoms with Crippen LogP contribution >= 0.6 is 11.8 Å². The number of anilines is 2. The molecule has 0 radical (unpaired) electrons. The fourth-order valence-corrected chi connectivity index (χ4v) is 3.82. The predicted octanol–water partition coefficient (Wildman–Crippen LogP) is 1.91. The van der Waals surface area contributed by atoms with Gasteiger partial charge in [-0.05, 0) is 26.0 Å². The summed E-state index contributed by atoms with van der Waals surface area (Å²) in [6, 6.07) is 8.66. The molecule has 2 aliphatic rings. The lowest BCUT2D eigenvalue weighted by atomic mass is 10.1. The highest BCUT2D eigenvalue weighted by Gasteiger charge is 2.32. The number of rotatable bonds is 2. The molecule has 1 N–H and O–H groups in total. The van der Waals surface area contributed by atoms with Crippen LogP contribution in [0.15, 0.2) is 24.3 Å². The number of para-hydroxylation sites is 2. The van der Waals surface area contributed by atoms with E-state index < -0.39 is 0 Å². The van der Waals surface area contributed by atoms with Crippen molar-refractivity contribution in [2.45, 2.75) is 25.9 Å². The minimum Gasteiger partial charge on any atom is -0.366 e. The van der Waals surface area contributed by atoms with Gasteiger partial charge in [0.25, 0.3) is 0 Å². The molecule has 5 heteroatoms. The van der Waals surface area contributed by atoms with Crippen LogP contribution in [0.1, 0.15) is 13.8 Å². The van der Waals surface area contributed by atoms with Crippen molar-refractivity contribution in [2.75, 3.05) is 34.5 Å². The Morgan fingerprint density at radius 1 is 1.30 bits per heavy atom. The van der Waals surface area contributed by atoms with Gasteiger partial charge < -0.3 is 9.80 Å². The molecule has 1 saturated heterocycles. The Morgan fingerprint density at radius 3 is 2.70 bits per heavy atom. The molecule has 0 saturated carbocycles. The van der Waals surface area contributed by atoms with Gasteiger partial charge in [0.2, 0.25) is 5.91 Å². The summed E-state index contributed by atoms with van der Waals surface area (Å²) in [6.07, 6.45) is 0. The second-order valence-corrected chi connectivity index (χ2v) is 6.57. The molecule has 1 amide bonds. The molecule has 0 aromatic heterocycles. The molecule has 0 bridgehead atoms. The average molecular weight is 291 g/mol. The van der Waals surface area contributed by atoms with Crippen molar-refractivity contribution in [2.24, 2.45) is 0 Å². The Labute approximate surface area is 124 Å². The van der Waals surface area contributed by atoms with Crippen LogP contribution in [0.2, 0.25) is 0 Å². The van der Waals surface area contributed by atoms with Crippen molar-refractivity contribution >= 4 is 29.0 Å². The number of carbonyl (C=O) groups is 1. The van der Waals surface area contributed by atoms with E-state index >= 15 is 0 Å². The third-order valence-corrected chi connectivity index (χ3v) is 4.89. The maximum atomic E-state index is 12.7. The fraction of sp³-hybridized carbons (Fsp3) is 0.533. The van der Waals surface area contributed by atoms with Gasteiger partial charge in [0, 0.05) is 30.8 Å². The highest BCUT2D eigenvalue weighted by atomic mass is 32.2. The van der Waals surface area contributed by atoms with Crippen molar-refractivity contribution in [3.05, 3.63) is 24.3 Å². The second-order valence-electron chi connectivity index (χ2n) is 5.54. The third kappa shape index (κ3) is 2.40. The summed E-state index contributed by atoms with van der Waals surface area (Å²) in [5, 5.41) is 3.28. The zero-order chi connectivity index (χ0) is 14.1. The van der Waals surface area contributed by atoms with Crippen LogP contribution in [0.25, 0.3) is 0 Å². The molecule has 0 aliphatic carbocycles. The van der Waals surface area contributed by atoms with Gasteiger partial charge in [-0.2, -0.15) is 0 Å². The summed E-state index contributed by atoms with van der Waals surface area (Å²) in [4.78, 5) is 17.0. The van der Waals surface area contributed by atoms with Gasteiger partial charge in [0.05, 0.1) is 17.4 Å². The SMILES string of the molecule is CC(C)N1CCN(C(=O)C2CSCN2)c2ccccc21. The van der Waals surface area contributed by atoms with Crippen LogP contribution in [-0.4, -0.2) is 42.7 Å². The molecular weight excluding hydrogens is 270 g/mol. The smallest absolute Gasteiger partial charge is 0.245 e. The van der Waals surface area contributed by atoms with E-state index in [0.717, 1.165) is 30.4 Å². The number of nitrogens with zero attached hydrogens (tertiary/aromatic N) is 2. The molecule has 1 atom stereocenters. The van der Waals surface area contributed by atoms with Crippen molar-refractivity contribution in [1.82, 2.24) is 5.32 Å². The largest absolute Gasteiger partial charge is 0.366 e. The van der Waals surface area contributed by atoms with Crippen LogP contribution in [0, 0.1) is 0 Å². The minimum atomic E-state index is -0.0290. The molecule has 20 heavy (non-hydrogen) atoms. The van der Waals surface area contributed by atoms with Crippen LogP contribution in [0.4, 0.5) is 11.4 Å². The number of hydrogen-bond acceptors (Lipinski definition) is 4. The zero-order valence-corrected chi connectivity index (χ0v) is 12.8. The topological polar surface area (TPSA) is 35.6 Å². The monoisotopic (exact) mass is 291 g/mol. The van der Waals surface area contributed by atoms with Gasteiger partial charge in [0.15, 0.2) is 0 Å². The summed E-state index contributed by atoms with van der Waals surface area (Å²) in [7, 11) is 0. The first-order valence-electron chi connectivity index (χ1n) is 7.16. The summed E-state index contributed by atoms with van der Waals surface area (Å²) in [6.45, 7) is 6.07. The van der Waals surface area contributed by atoms with Gasteiger partial charge >= 0.3 is 0 Å². The van der Waals surface area contributed by atoms with Crippen molar-refractivity contribution in [3.8, 4) is 0 Å². The molecule has 1 aromatic rings. The van der Waals surface area contributed by atoms with E-state index in [1.807, 2.05) is 17.0 Å². The summed E-state index contributed by atoms with van der Waals surface area (Å²) in [5.74, 6) is 1.97. The molecule has 4 nitrogen and oxygen atoms in total. The third-order valence-electron chi connectivity index (χ3n) is 3.95. The summed E-state index contributed by atoms with van der Waals surface area (Å²) >= 11 is 1.79. The average Bonchev–Trinajstić information content (AvgIpc) is 2.99. The standard InChI is InChI=1S/C15H21N3OS/c1-11(2)17-7-8-18(14-6-4-3-5-13(14)17)15(19)12-9-20-10-16-12/h3-6,11-12,16H,7-10H2,1-2H3. The van der Waals surface area contributed by atoms with Gasteiger partial charge in [0.1, 0.15) is 0 Å². The molecule has 0 spiro atoms. The van der Waals surface area contributed by atoms with E-state index in [0.29, 0.717) is 6.04 Å². The zero-order valence-electron chi connectivity index (χ0n) is 12.0. The first-order chi connectivity index (χ1) is 9.68. The number of nitrogens with one attached hydrogen (secondary N) is 1. The van der Waals surface area contributed by atoms with Crippen LogP contribution in [-0.2, 0) is 4.79 Å². The van der Waals surface area contributed by atoms with Crippen molar-refractivity contribution < 1.29 is 4.79 Å². The van der Waals surface area contributed by atoms with Gasteiger partial charge in [-0.1, -0.05) is 12.1 Å². The summed E-state index contributed by atoms with van der Waals surface area (Å²) < 4.78 is 0. The molecular formula is C15H21N3OS. The normalized spacial score (nSPS) is 22.2. The predicted molar refractivity (Wildman–Crippen MR) is 85.5 cm³/mol. The molecule has 2 aliphatic heterocycles. The van der Waals surface area contributed by atoms with E-state index in [4.69, 9.17) is 0 Å². The van der Waals surface area contributed by atoms with Gasteiger partial charge in [-0.25, -0.2) is 0 Å². The quantitative estimate of drug-likeness (QED) is 0.903. The highest BCUT2D eigenvalue weighted by molar-refractivity contribution is 7.99. The van der Waals surface area contributed by atoms with E-state index in [1.165, 1.54) is 5.69 Å². The first-order valence-corrected chi connectivity index (χ1v) is 8.32. The van der Waals surface area contributed by atoms with Gasteiger partial charge in [-0.3, -0.25) is 10.1 Å². The van der Waals surface area contributed by atoms with Crippen molar-refractivity contribution in [3.63, 3.8) is 0 Å². The second kappa shape index (κ2) is 5.66. The molecule has 1 aromatic carbocycles. The van der Waals surface area contributed by atoms with Crippen LogP contribution < -0.4 is 15.1 Å². The van der Waals surface area contributed by atoms with Crippen molar-refractivity contribution in [1.29, 1.82) is 0 Å². The first kappa shape index (κ1) is 13.8. The Morgan fingerprint density at radius 2 is 2.05 bits per heavy atom. The number of fused-ring (bicyclic) bond motifs is 1. The lowest BCUT2D eigenvalue weighted by molar-refractivity contribution is -0.119. The molecule has 3 rings (SSSR count). The lowest BCUT2D eigenvalue weighted by Crippen LogP contribution is -2.51. The number of hydrogen-bond donors (Lipinski definition) is 1. The Kier molecular flexibility index (Phi) is 3.89. The molecule has 2 heterocycles. The maximum absolute atomic E-state index is 12.7. The highest BCUT2D eigenvalue weighted by Crippen LogP contribution is 2.34. The van der Waals surface area contributed by atoms with Crippen LogP contribution in [0.5, 0.6) is 0 Å². The van der Waals surface area contributed by atoms with E-state index in [9.17, 15) is 4.79 Å². The lowest BCUT2D eigenvalue weighted by Gasteiger charge is -2.40. The molecule has 1 fully saturated rings. The Hall–Kier alpha value is -1.20. The number of benzene rings is 1. The van der Waals surface area contributed by atoms with E-state index in [-0.39, 0.29) is 11.9 Å². The number of carbonyl (C=O) groups excluding carboxylic acids is 1. The number of thioether (sulfide) groups is 1. The fourth-order valence-electron chi connectivity index (χ4n) is 2.89. The van der Waals surface area contributed by atoms with Gasteiger partial charge in [-0.15, -0.1) is 11.8 Å². The van der Waals surface area contributed by atoms with E-state index in [1.54, 1.807) is 11.8 Å². The van der Waals surface area contributed by atoms with Crippen LogP contribution in [0.3, 0.4) is 0 Å². The Balaban J connectivity index is 1.90. The Bertz CT molecular complexity index is 500. The summed E-state index contributed by atoms with van der Waals surface area (Å²) in [5.41, 5.74) is 2.23. The van der Waals surface area contributed by atoms with E-state index in [2.05, 4.69) is 36.2 Å². The maximum Gasteiger partial charge on any atom is 0.245 e. The number of amides is 1. The molecule has 108 valence electrons. The molecule has 1 unspecified atom stereocenters.